The van der Waals surface area contributed by atoms with Gasteiger partial charge in [0.1, 0.15) is 0 Å². The van der Waals surface area contributed by atoms with E-state index in [0.29, 0.717) is 0 Å². The Bertz CT molecular complexity index is 166. The van der Waals surface area contributed by atoms with Crippen LogP contribution in [-0.2, 0) is 4.74 Å². The Morgan fingerprint density at radius 2 is 1.50 bits per heavy atom. The summed E-state index contributed by atoms with van der Waals surface area (Å²) in [4.78, 5) is 0. The Morgan fingerprint density at radius 3 is 2.06 bits per heavy atom. The normalized spacial score (nSPS) is 20.2. The highest BCUT2D eigenvalue weighted by atomic mass is 16.5. The number of ether oxygens (including phenoxy) is 1. The third-order valence-corrected chi connectivity index (χ3v) is 3.99. The fourth-order valence-electron chi connectivity index (χ4n) is 2.70. The van der Waals surface area contributed by atoms with Crippen LogP contribution in [0.15, 0.2) is 0 Å². The lowest BCUT2D eigenvalue weighted by atomic mass is 10.0. The molecule has 0 spiro atoms. The van der Waals surface area contributed by atoms with E-state index in [4.69, 9.17) is 4.74 Å². The lowest BCUT2D eigenvalue weighted by Gasteiger charge is -2.23. The maximum atomic E-state index is 5.29. The quantitative estimate of drug-likeness (QED) is 0.543. The summed E-state index contributed by atoms with van der Waals surface area (Å²) >= 11 is 0. The number of nitrogens with one attached hydrogen (secondary N) is 1. The van der Waals surface area contributed by atoms with Crippen LogP contribution >= 0.6 is 0 Å². The highest BCUT2D eigenvalue weighted by Crippen LogP contribution is 2.13. The number of hydrogen-bond acceptors (Lipinski definition) is 2. The minimum absolute atomic E-state index is 0.729. The predicted octanol–water partition coefficient (Wildman–Crippen LogP) is 4.63. The van der Waals surface area contributed by atoms with Gasteiger partial charge in [-0.2, -0.15) is 0 Å². The standard InChI is InChI=1S/C16H33NO/c1-2-3-4-5-6-7-8-9-10-11-12-16-13-14-18-15-17-16/h16-17H,2-15H2,1H3. The fraction of sp³-hybridized carbons (Fsp3) is 1.00. The van der Waals surface area contributed by atoms with Gasteiger partial charge in [0.05, 0.1) is 6.73 Å². The van der Waals surface area contributed by atoms with Crippen molar-refractivity contribution in [1.82, 2.24) is 5.32 Å². The highest BCUT2D eigenvalue weighted by molar-refractivity contribution is 4.67. The molecule has 108 valence electrons. The summed E-state index contributed by atoms with van der Waals surface area (Å²) in [5.41, 5.74) is 0. The van der Waals surface area contributed by atoms with Crippen LogP contribution in [0.2, 0.25) is 0 Å². The molecule has 1 atom stereocenters. The van der Waals surface area contributed by atoms with Gasteiger partial charge in [-0.1, -0.05) is 71.1 Å². The Hall–Kier alpha value is -0.0800. The molecule has 2 nitrogen and oxygen atoms in total. The van der Waals surface area contributed by atoms with Crippen LogP contribution < -0.4 is 5.32 Å². The third-order valence-electron chi connectivity index (χ3n) is 3.99. The van der Waals surface area contributed by atoms with E-state index < -0.39 is 0 Å². The minimum atomic E-state index is 0.729. The molecule has 0 aromatic rings. The summed E-state index contributed by atoms with van der Waals surface area (Å²) in [6, 6.07) is 0.729. The molecule has 1 unspecified atom stereocenters. The predicted molar refractivity (Wildman–Crippen MR) is 78.8 cm³/mol. The molecular weight excluding hydrogens is 222 g/mol. The molecule has 0 aliphatic carbocycles. The third kappa shape index (κ3) is 8.93. The first-order chi connectivity index (χ1) is 8.93. The molecule has 1 rings (SSSR count). The Morgan fingerprint density at radius 1 is 0.889 bits per heavy atom. The van der Waals surface area contributed by atoms with Gasteiger partial charge in [-0.05, 0) is 12.8 Å². The zero-order valence-corrected chi connectivity index (χ0v) is 12.4. The second-order valence-corrected chi connectivity index (χ2v) is 5.71. The van der Waals surface area contributed by atoms with Gasteiger partial charge in [0.25, 0.3) is 0 Å². The minimum Gasteiger partial charge on any atom is -0.366 e. The van der Waals surface area contributed by atoms with E-state index in [9.17, 15) is 0 Å². The van der Waals surface area contributed by atoms with Gasteiger partial charge in [0.2, 0.25) is 0 Å². The van der Waals surface area contributed by atoms with Crippen molar-refractivity contribution < 1.29 is 4.74 Å². The van der Waals surface area contributed by atoms with Crippen molar-refractivity contribution in [3.8, 4) is 0 Å². The monoisotopic (exact) mass is 255 g/mol. The molecule has 18 heavy (non-hydrogen) atoms. The first-order valence-electron chi connectivity index (χ1n) is 8.24. The van der Waals surface area contributed by atoms with Crippen LogP contribution in [0.1, 0.15) is 84.0 Å². The zero-order valence-electron chi connectivity index (χ0n) is 12.4. The van der Waals surface area contributed by atoms with Crippen LogP contribution in [-0.4, -0.2) is 19.4 Å². The molecule has 0 aromatic carbocycles. The van der Waals surface area contributed by atoms with Crippen LogP contribution in [0.3, 0.4) is 0 Å². The summed E-state index contributed by atoms with van der Waals surface area (Å²) in [5.74, 6) is 0. The van der Waals surface area contributed by atoms with E-state index >= 15 is 0 Å². The summed E-state index contributed by atoms with van der Waals surface area (Å²) in [6.45, 7) is 4.01. The van der Waals surface area contributed by atoms with Crippen LogP contribution in [0.4, 0.5) is 0 Å². The van der Waals surface area contributed by atoms with Crippen molar-refractivity contribution in [2.45, 2.75) is 90.0 Å². The molecule has 1 heterocycles. The molecule has 0 bridgehead atoms. The summed E-state index contributed by atoms with van der Waals surface area (Å²) in [6.07, 6.45) is 16.9. The van der Waals surface area contributed by atoms with Crippen molar-refractivity contribution in [3.05, 3.63) is 0 Å². The van der Waals surface area contributed by atoms with Gasteiger partial charge in [0, 0.05) is 12.6 Å². The zero-order chi connectivity index (χ0) is 12.9. The second-order valence-electron chi connectivity index (χ2n) is 5.71. The lowest BCUT2D eigenvalue weighted by molar-refractivity contribution is 0.0588. The lowest BCUT2D eigenvalue weighted by Crippen LogP contribution is -2.37. The molecule has 1 N–H and O–H groups in total. The molecule has 0 radical (unpaired) electrons. The van der Waals surface area contributed by atoms with Crippen LogP contribution in [0.25, 0.3) is 0 Å². The Labute approximate surface area is 114 Å². The molecule has 1 aliphatic rings. The molecule has 0 saturated carbocycles. The Kier molecular flexibility index (Phi) is 10.6. The summed E-state index contributed by atoms with van der Waals surface area (Å²) < 4.78 is 5.29. The van der Waals surface area contributed by atoms with Crippen molar-refractivity contribution in [2.75, 3.05) is 13.3 Å². The van der Waals surface area contributed by atoms with Crippen molar-refractivity contribution in [1.29, 1.82) is 0 Å². The van der Waals surface area contributed by atoms with Crippen molar-refractivity contribution in [2.24, 2.45) is 0 Å². The Balaban J connectivity index is 1.73. The first-order valence-corrected chi connectivity index (χ1v) is 8.24. The largest absolute Gasteiger partial charge is 0.366 e. The second kappa shape index (κ2) is 12.0. The van der Waals surface area contributed by atoms with Gasteiger partial charge >= 0.3 is 0 Å². The van der Waals surface area contributed by atoms with E-state index in [1.807, 2.05) is 0 Å². The van der Waals surface area contributed by atoms with Crippen molar-refractivity contribution >= 4 is 0 Å². The average Bonchev–Trinajstić information content (AvgIpc) is 2.42. The highest BCUT2D eigenvalue weighted by Gasteiger charge is 2.11. The summed E-state index contributed by atoms with van der Waals surface area (Å²) in [5, 5.41) is 3.43. The fourth-order valence-corrected chi connectivity index (χ4v) is 2.70. The maximum absolute atomic E-state index is 5.29. The molecule has 0 amide bonds. The van der Waals surface area contributed by atoms with Gasteiger partial charge in [0.15, 0.2) is 0 Å². The number of unbranched alkanes of at least 4 members (excludes halogenated alkanes) is 9. The number of hydrogen-bond donors (Lipinski definition) is 1. The van der Waals surface area contributed by atoms with Gasteiger partial charge in [-0.15, -0.1) is 0 Å². The topological polar surface area (TPSA) is 21.3 Å². The SMILES string of the molecule is CCCCCCCCCCCCC1CCOCN1. The van der Waals surface area contributed by atoms with Gasteiger partial charge in [-0.3, -0.25) is 5.32 Å². The molecule has 2 heteroatoms. The van der Waals surface area contributed by atoms with Crippen molar-refractivity contribution in [3.63, 3.8) is 0 Å². The molecule has 1 fully saturated rings. The van der Waals surface area contributed by atoms with Gasteiger partial charge < -0.3 is 4.74 Å². The molecule has 1 saturated heterocycles. The molecule has 1 aliphatic heterocycles. The number of rotatable bonds is 11. The smallest absolute Gasteiger partial charge is 0.0967 e. The average molecular weight is 255 g/mol. The van der Waals surface area contributed by atoms with Gasteiger partial charge in [-0.25, -0.2) is 0 Å². The van der Waals surface area contributed by atoms with E-state index in [1.165, 1.54) is 77.0 Å². The van der Waals surface area contributed by atoms with Crippen LogP contribution in [0.5, 0.6) is 0 Å². The van der Waals surface area contributed by atoms with E-state index in [-0.39, 0.29) is 0 Å². The molecular formula is C16H33NO. The molecule has 0 aromatic heterocycles. The van der Waals surface area contributed by atoms with Crippen LogP contribution in [0, 0.1) is 0 Å². The van der Waals surface area contributed by atoms with E-state index in [0.717, 1.165) is 19.4 Å². The van der Waals surface area contributed by atoms with E-state index in [1.54, 1.807) is 0 Å². The maximum Gasteiger partial charge on any atom is 0.0967 e. The van der Waals surface area contributed by atoms with E-state index in [2.05, 4.69) is 12.2 Å². The summed E-state index contributed by atoms with van der Waals surface area (Å²) in [7, 11) is 0. The first kappa shape index (κ1) is 16.0.